The van der Waals surface area contributed by atoms with Crippen molar-refractivity contribution in [2.75, 3.05) is 12.0 Å². The maximum atomic E-state index is 11.4. The van der Waals surface area contributed by atoms with Crippen LogP contribution in [0.25, 0.3) is 5.69 Å². The van der Waals surface area contributed by atoms with E-state index in [2.05, 4.69) is 5.10 Å². The number of nitrogens with two attached hydrogens (primary N) is 2. The van der Waals surface area contributed by atoms with Crippen LogP contribution >= 0.6 is 11.8 Å². The summed E-state index contributed by atoms with van der Waals surface area (Å²) in [6.07, 6.45) is 1.76. The first-order valence-electron chi connectivity index (χ1n) is 5.51. The van der Waals surface area contributed by atoms with Crippen LogP contribution in [0.4, 0.5) is 11.5 Å². The van der Waals surface area contributed by atoms with Crippen molar-refractivity contribution in [3.63, 3.8) is 0 Å². The van der Waals surface area contributed by atoms with Gasteiger partial charge in [-0.1, -0.05) is 0 Å². The van der Waals surface area contributed by atoms with Crippen molar-refractivity contribution in [2.45, 2.75) is 5.03 Å². The molecule has 1 aromatic heterocycles. The second-order valence-corrected chi connectivity index (χ2v) is 4.69. The van der Waals surface area contributed by atoms with Crippen molar-refractivity contribution in [2.24, 2.45) is 5.73 Å². The molecule has 1 atom stereocenters. The molecule has 8 nitrogen and oxygen atoms in total. The highest BCUT2D eigenvalue weighted by atomic mass is 32.2. The fourth-order valence-corrected chi connectivity index (χ4v) is 2.30. The van der Waals surface area contributed by atoms with Crippen molar-refractivity contribution in [1.29, 1.82) is 0 Å². The van der Waals surface area contributed by atoms with Gasteiger partial charge < -0.3 is 16.7 Å². The Labute approximate surface area is 118 Å². The number of aromatic nitrogens is 2. The highest BCUT2D eigenvalue weighted by Crippen LogP contribution is 2.26. The maximum Gasteiger partial charge on any atom is 0.255 e. The minimum Gasteiger partial charge on any atom is -0.595 e. The summed E-state index contributed by atoms with van der Waals surface area (Å²) in [4.78, 5) is 11.4. The highest BCUT2D eigenvalue weighted by Gasteiger charge is 2.20. The Kier molecular flexibility index (Phi) is 3.95. The molecule has 0 bridgehead atoms. The van der Waals surface area contributed by atoms with Gasteiger partial charge in [0.15, 0.2) is 5.69 Å². The number of primary amides is 1. The lowest BCUT2D eigenvalue weighted by atomic mass is 10.2. The molecular formula is C11H13N5O3S. The predicted molar refractivity (Wildman–Crippen MR) is 74.1 cm³/mol. The molecule has 0 aliphatic heterocycles. The minimum absolute atomic E-state index is 0.130. The van der Waals surface area contributed by atoms with E-state index in [4.69, 9.17) is 16.7 Å². The SMILES string of the molecule is CSc1nn(-c2ccc([NH+]([O-])O)cc2)c(N)c1C(N)=O. The third kappa shape index (κ3) is 2.47. The van der Waals surface area contributed by atoms with Crippen molar-refractivity contribution in [3.8, 4) is 5.69 Å². The normalized spacial score (nSPS) is 12.3. The fourth-order valence-electron chi connectivity index (χ4n) is 1.73. The first-order valence-corrected chi connectivity index (χ1v) is 6.74. The number of carbonyl (C=O) groups is 1. The smallest absolute Gasteiger partial charge is 0.255 e. The van der Waals surface area contributed by atoms with Crippen molar-refractivity contribution in [1.82, 2.24) is 9.78 Å². The van der Waals surface area contributed by atoms with Crippen LogP contribution < -0.4 is 16.7 Å². The number of anilines is 1. The number of nitrogens with one attached hydrogen (secondary N) is 1. The standard InChI is InChI=1S/C11H13N5O3S/c1-20-11-8(10(13)17)9(12)15(14-11)6-2-4-7(5-3-6)16(18)19/h2-5,16,18H,12H2,1H3,(H2,13,17). The molecule has 6 N–H and O–H groups in total. The van der Waals surface area contributed by atoms with Gasteiger partial charge in [0.1, 0.15) is 16.4 Å². The van der Waals surface area contributed by atoms with Crippen LogP contribution in [-0.4, -0.2) is 27.2 Å². The molecule has 106 valence electrons. The number of quaternary nitrogens is 1. The Balaban J connectivity index is 2.50. The molecule has 2 aromatic rings. The summed E-state index contributed by atoms with van der Waals surface area (Å²) in [5.41, 5.74) is 12.0. The average molecular weight is 295 g/mol. The van der Waals surface area contributed by atoms with Crippen molar-refractivity contribution < 1.29 is 15.2 Å². The second-order valence-electron chi connectivity index (χ2n) is 3.90. The maximum absolute atomic E-state index is 11.4. The van der Waals surface area contributed by atoms with Gasteiger partial charge in [-0.2, -0.15) is 10.3 Å². The van der Waals surface area contributed by atoms with Crippen molar-refractivity contribution in [3.05, 3.63) is 35.0 Å². The third-order valence-electron chi connectivity index (χ3n) is 2.69. The molecule has 0 saturated heterocycles. The summed E-state index contributed by atoms with van der Waals surface area (Å²) in [5.74, 6) is -0.523. The van der Waals surface area contributed by atoms with Gasteiger partial charge in [-0.25, -0.2) is 9.89 Å². The zero-order valence-corrected chi connectivity index (χ0v) is 11.3. The van der Waals surface area contributed by atoms with Crippen LogP contribution in [0.15, 0.2) is 29.3 Å². The molecular weight excluding hydrogens is 282 g/mol. The predicted octanol–water partition coefficient (Wildman–Crippen LogP) is -0.321. The van der Waals surface area contributed by atoms with E-state index < -0.39 is 11.1 Å². The fraction of sp³-hybridized carbons (Fsp3) is 0.0909. The van der Waals surface area contributed by atoms with Gasteiger partial charge >= 0.3 is 0 Å². The van der Waals surface area contributed by atoms with E-state index in [0.29, 0.717) is 10.7 Å². The Hall–Kier alpha value is -2.07. The lowest BCUT2D eigenvalue weighted by Gasteiger charge is -2.11. The van der Waals surface area contributed by atoms with Gasteiger partial charge in [0.05, 0.1) is 5.69 Å². The summed E-state index contributed by atoms with van der Waals surface area (Å²) in [7, 11) is 0. The molecule has 1 amide bonds. The first-order chi connectivity index (χ1) is 9.45. The molecule has 20 heavy (non-hydrogen) atoms. The summed E-state index contributed by atoms with van der Waals surface area (Å²) < 4.78 is 1.36. The number of nitrogens with zero attached hydrogens (tertiary/aromatic N) is 2. The topological polar surface area (TPSA) is 135 Å². The molecule has 0 spiro atoms. The Morgan fingerprint density at radius 3 is 2.45 bits per heavy atom. The van der Waals surface area contributed by atoms with E-state index in [0.717, 1.165) is 0 Å². The van der Waals surface area contributed by atoms with E-state index in [9.17, 15) is 10.0 Å². The van der Waals surface area contributed by atoms with E-state index in [1.165, 1.54) is 28.6 Å². The molecule has 9 heteroatoms. The number of hydrogen-bond donors (Lipinski definition) is 4. The quantitative estimate of drug-likeness (QED) is 0.451. The second kappa shape index (κ2) is 5.51. The zero-order chi connectivity index (χ0) is 14.9. The number of hydrogen-bond acceptors (Lipinski definition) is 6. The molecule has 0 aliphatic rings. The van der Waals surface area contributed by atoms with E-state index in [-0.39, 0.29) is 17.1 Å². The number of rotatable bonds is 4. The van der Waals surface area contributed by atoms with Crippen molar-refractivity contribution >= 4 is 29.2 Å². The van der Waals surface area contributed by atoms with E-state index >= 15 is 0 Å². The first kappa shape index (κ1) is 14.3. The number of carbonyl (C=O) groups excluding carboxylic acids is 1. The third-order valence-corrected chi connectivity index (χ3v) is 3.36. The number of amides is 1. The number of thioether (sulfide) groups is 1. The average Bonchev–Trinajstić information content (AvgIpc) is 2.75. The summed E-state index contributed by atoms with van der Waals surface area (Å²) in [6, 6.07) is 5.98. The number of nitrogen functional groups attached to an aromatic ring is 1. The van der Waals surface area contributed by atoms with Crippen LogP contribution in [0, 0.1) is 5.21 Å². The van der Waals surface area contributed by atoms with Gasteiger partial charge in [0.2, 0.25) is 0 Å². The van der Waals surface area contributed by atoms with Gasteiger partial charge in [-0.3, -0.25) is 4.79 Å². The summed E-state index contributed by atoms with van der Waals surface area (Å²) in [6.45, 7) is 0. The summed E-state index contributed by atoms with van der Waals surface area (Å²) in [5, 5.41) is 23.3. The molecule has 0 fully saturated rings. The van der Waals surface area contributed by atoms with E-state index in [1.807, 2.05) is 0 Å². The van der Waals surface area contributed by atoms with Gasteiger partial charge in [0, 0.05) is 12.1 Å². The van der Waals surface area contributed by atoms with Crippen LogP contribution in [0.1, 0.15) is 10.4 Å². The van der Waals surface area contributed by atoms with Gasteiger partial charge in [0.25, 0.3) is 5.91 Å². The number of benzene rings is 1. The van der Waals surface area contributed by atoms with Gasteiger partial charge in [-0.15, -0.1) is 11.8 Å². The molecule has 0 saturated carbocycles. The van der Waals surface area contributed by atoms with Crippen LogP contribution in [0.5, 0.6) is 0 Å². The molecule has 1 unspecified atom stereocenters. The Bertz CT molecular complexity index is 638. The monoisotopic (exact) mass is 295 g/mol. The molecule has 2 rings (SSSR count). The molecule has 1 heterocycles. The van der Waals surface area contributed by atoms with Crippen LogP contribution in [0.2, 0.25) is 0 Å². The van der Waals surface area contributed by atoms with Gasteiger partial charge in [-0.05, 0) is 18.4 Å². The van der Waals surface area contributed by atoms with Crippen LogP contribution in [-0.2, 0) is 0 Å². The lowest BCUT2D eigenvalue weighted by Crippen LogP contribution is -2.99. The highest BCUT2D eigenvalue weighted by molar-refractivity contribution is 7.98. The Morgan fingerprint density at radius 1 is 1.45 bits per heavy atom. The minimum atomic E-state index is -1.02. The van der Waals surface area contributed by atoms with Crippen LogP contribution in [0.3, 0.4) is 0 Å². The van der Waals surface area contributed by atoms with E-state index in [1.54, 1.807) is 18.4 Å². The Morgan fingerprint density at radius 2 is 2.05 bits per heavy atom. The largest absolute Gasteiger partial charge is 0.595 e. The zero-order valence-electron chi connectivity index (χ0n) is 10.5. The molecule has 1 aromatic carbocycles. The lowest BCUT2D eigenvalue weighted by molar-refractivity contribution is -0.991. The summed E-state index contributed by atoms with van der Waals surface area (Å²) >= 11 is 1.25. The molecule has 0 radical (unpaired) electrons. The molecule has 0 aliphatic carbocycles.